The smallest absolute Gasteiger partial charge is 0.228 e. The Bertz CT molecular complexity index is 516. The van der Waals surface area contributed by atoms with Crippen LogP contribution in [-0.4, -0.2) is 53.0 Å². The Balaban J connectivity index is 0.00000312. The summed E-state index contributed by atoms with van der Waals surface area (Å²) in [5, 5.41) is 6.33. The van der Waals surface area contributed by atoms with E-state index in [1.54, 1.807) is 14.2 Å². The number of piperidine rings is 1. The van der Waals surface area contributed by atoms with Crippen molar-refractivity contribution >= 4 is 18.3 Å². The highest BCUT2D eigenvalue weighted by Gasteiger charge is 2.39. The average molecular weight is 373 g/mol. The van der Waals surface area contributed by atoms with E-state index in [1.165, 1.54) is 0 Å². The highest BCUT2D eigenvalue weighted by molar-refractivity contribution is 5.85. The molecule has 0 radical (unpaired) electrons. The molecule has 2 rings (SSSR count). The van der Waals surface area contributed by atoms with Gasteiger partial charge in [-0.2, -0.15) is 0 Å². The van der Waals surface area contributed by atoms with Gasteiger partial charge in [0.2, 0.25) is 5.91 Å². The van der Waals surface area contributed by atoms with E-state index in [9.17, 15) is 4.79 Å². The lowest BCUT2D eigenvalue weighted by atomic mass is 9.78. The summed E-state index contributed by atoms with van der Waals surface area (Å²) in [6.07, 6.45) is 2.38. The van der Waals surface area contributed by atoms with Crippen LogP contribution in [0.3, 0.4) is 0 Å². The molecule has 25 heavy (non-hydrogen) atoms. The Labute approximate surface area is 156 Å². The van der Waals surface area contributed by atoms with Crippen molar-refractivity contribution in [3.8, 4) is 11.5 Å². The second-order valence-electron chi connectivity index (χ2n) is 6.10. The maximum atomic E-state index is 12.6. The van der Waals surface area contributed by atoms with Crippen molar-refractivity contribution in [2.24, 2.45) is 5.41 Å². The molecule has 6 nitrogen and oxygen atoms in total. The van der Waals surface area contributed by atoms with E-state index in [0.29, 0.717) is 19.8 Å². The van der Waals surface area contributed by atoms with Gasteiger partial charge in [0.15, 0.2) is 0 Å². The number of carbonyl (C=O) groups excluding carboxylic acids is 1. The van der Waals surface area contributed by atoms with Crippen LogP contribution in [0.15, 0.2) is 24.3 Å². The van der Waals surface area contributed by atoms with Gasteiger partial charge in [-0.3, -0.25) is 4.79 Å². The zero-order valence-corrected chi connectivity index (χ0v) is 15.8. The normalized spacial score (nSPS) is 15.8. The molecule has 1 heterocycles. The zero-order valence-electron chi connectivity index (χ0n) is 15.0. The van der Waals surface area contributed by atoms with Crippen LogP contribution in [0.25, 0.3) is 0 Å². The third kappa shape index (κ3) is 6.38. The van der Waals surface area contributed by atoms with Crippen molar-refractivity contribution in [1.29, 1.82) is 0 Å². The number of halogens is 1. The molecule has 1 aliphatic heterocycles. The topological polar surface area (TPSA) is 68.8 Å². The van der Waals surface area contributed by atoms with Crippen LogP contribution in [0.4, 0.5) is 0 Å². The van der Waals surface area contributed by atoms with Gasteiger partial charge in [-0.15, -0.1) is 12.4 Å². The predicted octanol–water partition coefficient (Wildman–Crippen LogP) is 2.02. The molecule has 0 aliphatic carbocycles. The molecule has 1 amide bonds. The van der Waals surface area contributed by atoms with Crippen LogP contribution in [-0.2, 0) is 9.53 Å². The minimum absolute atomic E-state index is 0. The lowest BCUT2D eigenvalue weighted by molar-refractivity contribution is -0.136. The lowest BCUT2D eigenvalue weighted by Crippen LogP contribution is -2.50. The third-order valence-corrected chi connectivity index (χ3v) is 4.38. The average Bonchev–Trinajstić information content (AvgIpc) is 2.62. The summed E-state index contributed by atoms with van der Waals surface area (Å²) in [7, 11) is 3.28. The highest BCUT2D eigenvalue weighted by atomic mass is 35.5. The largest absolute Gasteiger partial charge is 0.497 e. The summed E-state index contributed by atoms with van der Waals surface area (Å²) < 4.78 is 16.1. The molecule has 1 fully saturated rings. The first-order valence-electron chi connectivity index (χ1n) is 8.45. The molecule has 0 spiro atoms. The molecule has 1 aromatic carbocycles. The number of benzene rings is 1. The maximum Gasteiger partial charge on any atom is 0.228 e. The van der Waals surface area contributed by atoms with E-state index >= 15 is 0 Å². The quantitative estimate of drug-likeness (QED) is 0.649. The van der Waals surface area contributed by atoms with Crippen molar-refractivity contribution in [2.75, 3.05) is 47.1 Å². The van der Waals surface area contributed by atoms with Crippen LogP contribution in [0.2, 0.25) is 0 Å². The van der Waals surface area contributed by atoms with Crippen LogP contribution in [0, 0.1) is 5.41 Å². The number of rotatable bonds is 9. The summed E-state index contributed by atoms with van der Waals surface area (Å²) >= 11 is 0. The summed E-state index contributed by atoms with van der Waals surface area (Å²) in [5.74, 6) is 1.63. The minimum Gasteiger partial charge on any atom is -0.497 e. The molecular formula is C18H29ClN2O4. The van der Waals surface area contributed by atoms with Gasteiger partial charge in [-0.05, 0) is 44.5 Å². The SMILES string of the molecule is COCC1(C(=O)NCCCOc2cccc(OC)c2)CCNCC1.Cl. The monoisotopic (exact) mass is 372 g/mol. The van der Waals surface area contributed by atoms with Crippen molar-refractivity contribution in [1.82, 2.24) is 10.6 Å². The van der Waals surface area contributed by atoms with E-state index in [1.807, 2.05) is 24.3 Å². The fourth-order valence-electron chi connectivity index (χ4n) is 2.96. The summed E-state index contributed by atoms with van der Waals surface area (Å²) in [5.41, 5.74) is -0.395. The maximum absolute atomic E-state index is 12.6. The van der Waals surface area contributed by atoms with Gasteiger partial charge in [0.05, 0.1) is 25.7 Å². The summed E-state index contributed by atoms with van der Waals surface area (Å²) in [4.78, 5) is 12.6. The van der Waals surface area contributed by atoms with Crippen LogP contribution in [0.5, 0.6) is 11.5 Å². The number of hydrogen-bond donors (Lipinski definition) is 2. The fourth-order valence-corrected chi connectivity index (χ4v) is 2.96. The molecule has 7 heteroatoms. The zero-order chi connectivity index (χ0) is 17.3. The van der Waals surface area contributed by atoms with E-state index < -0.39 is 5.41 Å². The Morgan fingerprint density at radius 2 is 1.96 bits per heavy atom. The molecule has 0 saturated carbocycles. The lowest BCUT2D eigenvalue weighted by Gasteiger charge is -2.35. The predicted molar refractivity (Wildman–Crippen MR) is 99.8 cm³/mol. The van der Waals surface area contributed by atoms with Crippen molar-refractivity contribution < 1.29 is 19.0 Å². The molecule has 1 saturated heterocycles. The first-order chi connectivity index (χ1) is 11.7. The van der Waals surface area contributed by atoms with Crippen LogP contribution in [0.1, 0.15) is 19.3 Å². The Morgan fingerprint density at radius 3 is 2.64 bits per heavy atom. The summed E-state index contributed by atoms with van der Waals surface area (Å²) in [6.45, 7) is 3.33. The van der Waals surface area contributed by atoms with Crippen LogP contribution < -0.4 is 20.1 Å². The molecule has 1 aliphatic rings. The van der Waals surface area contributed by atoms with Gasteiger partial charge in [0.25, 0.3) is 0 Å². The van der Waals surface area contributed by atoms with Crippen molar-refractivity contribution in [3.05, 3.63) is 24.3 Å². The minimum atomic E-state index is -0.395. The number of ether oxygens (including phenoxy) is 3. The van der Waals surface area contributed by atoms with E-state index in [2.05, 4.69) is 10.6 Å². The van der Waals surface area contributed by atoms with E-state index in [0.717, 1.165) is 43.9 Å². The van der Waals surface area contributed by atoms with Crippen LogP contribution >= 0.6 is 12.4 Å². The molecule has 1 aromatic rings. The Hall–Kier alpha value is -1.50. The van der Waals surface area contributed by atoms with Gasteiger partial charge >= 0.3 is 0 Å². The summed E-state index contributed by atoms with van der Waals surface area (Å²) in [6, 6.07) is 7.51. The second kappa shape index (κ2) is 11.2. The molecule has 142 valence electrons. The molecule has 0 bridgehead atoms. The van der Waals surface area contributed by atoms with E-state index in [4.69, 9.17) is 14.2 Å². The van der Waals surface area contributed by atoms with E-state index in [-0.39, 0.29) is 18.3 Å². The van der Waals surface area contributed by atoms with Gasteiger partial charge in [0.1, 0.15) is 11.5 Å². The van der Waals surface area contributed by atoms with Crippen molar-refractivity contribution in [2.45, 2.75) is 19.3 Å². The third-order valence-electron chi connectivity index (χ3n) is 4.38. The Morgan fingerprint density at radius 1 is 1.24 bits per heavy atom. The number of nitrogens with one attached hydrogen (secondary N) is 2. The first kappa shape index (κ1) is 21.5. The van der Waals surface area contributed by atoms with Gasteiger partial charge in [-0.25, -0.2) is 0 Å². The number of methoxy groups -OCH3 is 2. The second-order valence-corrected chi connectivity index (χ2v) is 6.10. The molecule has 0 aromatic heterocycles. The van der Waals surface area contributed by atoms with Gasteiger partial charge in [-0.1, -0.05) is 6.07 Å². The number of amides is 1. The molecule has 0 unspecified atom stereocenters. The highest BCUT2D eigenvalue weighted by Crippen LogP contribution is 2.29. The Kier molecular flexibility index (Phi) is 9.63. The fraction of sp³-hybridized carbons (Fsp3) is 0.611. The van der Waals surface area contributed by atoms with Gasteiger partial charge in [0, 0.05) is 19.7 Å². The molecular weight excluding hydrogens is 344 g/mol. The number of carbonyl (C=O) groups is 1. The van der Waals surface area contributed by atoms with Gasteiger partial charge < -0.3 is 24.8 Å². The van der Waals surface area contributed by atoms with Crippen molar-refractivity contribution in [3.63, 3.8) is 0 Å². The standard InChI is InChI=1S/C18H28N2O4.ClH/c1-22-14-18(7-10-19-11-8-18)17(21)20-9-4-12-24-16-6-3-5-15(13-16)23-2;/h3,5-6,13,19H,4,7-12,14H2,1-2H3,(H,20,21);1H. The molecule has 0 atom stereocenters. The first-order valence-corrected chi connectivity index (χ1v) is 8.45. The number of hydrogen-bond acceptors (Lipinski definition) is 5. The molecule has 2 N–H and O–H groups in total.